The molecule has 1 atom stereocenters. The Morgan fingerprint density at radius 2 is 2.23 bits per heavy atom. The highest BCUT2D eigenvalue weighted by Crippen LogP contribution is 2.34. The molecule has 0 amide bonds. The van der Waals surface area contributed by atoms with Gasteiger partial charge in [-0.1, -0.05) is 0 Å². The van der Waals surface area contributed by atoms with Gasteiger partial charge in [0.25, 0.3) is 5.88 Å². The number of nitrogens with one attached hydrogen (secondary N) is 1. The molecule has 0 bridgehead atoms. The van der Waals surface area contributed by atoms with E-state index in [4.69, 9.17) is 18.3 Å². The van der Waals surface area contributed by atoms with Crippen LogP contribution in [0.4, 0.5) is 11.6 Å². The summed E-state index contributed by atoms with van der Waals surface area (Å²) in [5.74, 6) is 0.362. The van der Waals surface area contributed by atoms with E-state index in [0.29, 0.717) is 36.8 Å². The molecule has 2 saturated heterocycles. The van der Waals surface area contributed by atoms with Gasteiger partial charge in [0.2, 0.25) is 5.95 Å². The van der Waals surface area contributed by atoms with Gasteiger partial charge in [0, 0.05) is 41.9 Å². The number of ether oxygens (including phenoxy) is 3. The first kappa shape index (κ1) is 16.5. The Kier molecular flexibility index (Phi) is 4.00. The summed E-state index contributed by atoms with van der Waals surface area (Å²) in [5.41, 5.74) is 0.956. The normalized spacial score (nSPS) is 22.7. The number of hydrogen-bond donors (Lipinski definition) is 1. The molecule has 10 nitrogen and oxygen atoms in total. The third-order valence-electron chi connectivity index (χ3n) is 5.81. The van der Waals surface area contributed by atoms with Crippen molar-refractivity contribution in [2.24, 2.45) is 6.98 Å². The summed E-state index contributed by atoms with van der Waals surface area (Å²) < 4.78 is 42.9. The van der Waals surface area contributed by atoms with E-state index in [1.807, 2.05) is 18.4 Å². The first-order valence-corrected chi connectivity index (χ1v) is 10.2. The summed E-state index contributed by atoms with van der Waals surface area (Å²) >= 11 is 0. The quantitative estimate of drug-likeness (QED) is 0.663. The summed E-state index contributed by atoms with van der Waals surface area (Å²) in [6, 6.07) is 4.12. The van der Waals surface area contributed by atoms with Gasteiger partial charge >= 0.3 is 0 Å². The molecule has 0 radical (unpaired) electrons. The van der Waals surface area contributed by atoms with Crippen LogP contribution in [0.5, 0.6) is 5.88 Å². The van der Waals surface area contributed by atoms with E-state index in [-0.39, 0.29) is 24.0 Å². The molecule has 1 unspecified atom stereocenters. The predicted molar refractivity (Wildman–Crippen MR) is 112 cm³/mol. The zero-order chi connectivity index (χ0) is 24.1. The minimum atomic E-state index is -2.48. The average molecular weight is 426 g/mol. The van der Waals surface area contributed by atoms with Gasteiger partial charge in [-0.2, -0.15) is 10.2 Å². The van der Waals surface area contributed by atoms with E-state index in [0.717, 1.165) is 22.9 Å². The largest absolute Gasteiger partial charge is 0.466 e. The molecule has 2 fully saturated rings. The first-order chi connectivity index (χ1) is 16.2. The molecule has 5 rings (SSSR count). The van der Waals surface area contributed by atoms with Gasteiger partial charge in [-0.3, -0.25) is 4.68 Å². The van der Waals surface area contributed by atoms with Crippen LogP contribution in [-0.2, 0) is 16.4 Å². The van der Waals surface area contributed by atoms with E-state index < -0.39 is 12.6 Å². The molecule has 5 heterocycles. The molecule has 31 heavy (non-hydrogen) atoms. The number of nitriles is 1. The maximum atomic E-state index is 9.67. The van der Waals surface area contributed by atoms with Crippen molar-refractivity contribution in [2.75, 3.05) is 25.1 Å². The highest BCUT2D eigenvalue weighted by Gasteiger charge is 2.43. The van der Waals surface area contributed by atoms with Crippen LogP contribution in [0.15, 0.2) is 18.5 Å². The van der Waals surface area contributed by atoms with Gasteiger partial charge < -0.3 is 24.1 Å². The number of aromatic nitrogens is 5. The SMILES string of the molecule is [2H]C([2H])([2H])n1cc(Nc2ncc3cc(C#N)n(C4CCOCC4)c3n2)c(OC2COC2(C)C)n1. The molecule has 3 aromatic heterocycles. The average Bonchev–Trinajstić information content (AvgIpc) is 3.38. The lowest BCUT2D eigenvalue weighted by Crippen LogP contribution is -2.56. The third-order valence-corrected chi connectivity index (χ3v) is 5.81. The Hall–Kier alpha value is -3.16. The molecule has 2 aliphatic heterocycles. The van der Waals surface area contributed by atoms with E-state index in [1.54, 1.807) is 12.3 Å². The number of anilines is 2. The summed E-state index contributed by atoms with van der Waals surface area (Å²) in [6.07, 6.45) is 4.28. The maximum absolute atomic E-state index is 9.67. The van der Waals surface area contributed by atoms with E-state index in [2.05, 4.69) is 26.5 Å². The lowest BCUT2D eigenvalue weighted by atomic mass is 9.96. The monoisotopic (exact) mass is 426 g/mol. The molecule has 0 saturated carbocycles. The van der Waals surface area contributed by atoms with Crippen molar-refractivity contribution in [3.63, 3.8) is 0 Å². The van der Waals surface area contributed by atoms with Crippen molar-refractivity contribution in [3.05, 3.63) is 24.2 Å². The summed E-state index contributed by atoms with van der Waals surface area (Å²) in [6.45, 7) is 2.94. The number of hydrogen-bond acceptors (Lipinski definition) is 8. The van der Waals surface area contributed by atoms with Crippen molar-refractivity contribution in [2.45, 2.75) is 44.4 Å². The highest BCUT2D eigenvalue weighted by atomic mass is 16.6. The first-order valence-electron chi connectivity index (χ1n) is 11.7. The lowest BCUT2D eigenvalue weighted by molar-refractivity contribution is -0.208. The maximum Gasteiger partial charge on any atom is 0.257 e. The number of aryl methyl sites for hydroxylation is 1. The van der Waals surface area contributed by atoms with Gasteiger partial charge in [0.15, 0.2) is 6.10 Å². The molecule has 162 valence electrons. The Labute approximate surface area is 184 Å². The van der Waals surface area contributed by atoms with Crippen LogP contribution in [0.25, 0.3) is 11.0 Å². The van der Waals surface area contributed by atoms with Gasteiger partial charge in [0.1, 0.15) is 28.7 Å². The summed E-state index contributed by atoms with van der Waals surface area (Å²) in [4.78, 5) is 9.02. The molecule has 1 N–H and O–H groups in total. The molecule has 2 aliphatic rings. The fourth-order valence-corrected chi connectivity index (χ4v) is 3.91. The highest BCUT2D eigenvalue weighted by molar-refractivity contribution is 5.79. The molecule has 0 aromatic carbocycles. The minimum absolute atomic E-state index is 0.0988. The van der Waals surface area contributed by atoms with E-state index in [9.17, 15) is 5.26 Å². The molecular weight excluding hydrogens is 398 g/mol. The van der Waals surface area contributed by atoms with Crippen molar-refractivity contribution in [1.82, 2.24) is 24.3 Å². The molecule has 3 aromatic rings. The second-order valence-corrected chi connectivity index (χ2v) is 8.27. The van der Waals surface area contributed by atoms with Crippen molar-refractivity contribution >= 4 is 22.7 Å². The Balaban J connectivity index is 1.50. The lowest BCUT2D eigenvalue weighted by Gasteiger charge is -2.43. The van der Waals surface area contributed by atoms with Gasteiger partial charge in [-0.15, -0.1) is 5.10 Å². The second kappa shape index (κ2) is 7.51. The van der Waals surface area contributed by atoms with Crippen molar-refractivity contribution in [3.8, 4) is 11.9 Å². The van der Waals surface area contributed by atoms with E-state index >= 15 is 0 Å². The topological polar surface area (TPSA) is 112 Å². The standard InChI is InChI=1S/C21H25N7O3/c1-21(2)17(12-30-21)31-19-16(11-27(3)26-19)24-20-23-10-13-8-15(9-22)28(18(13)25-20)14-4-6-29-7-5-14/h8,10-11,14,17H,4-7,12H2,1-3H3,(H,23,24,25)/i3D3. The predicted octanol–water partition coefficient (Wildman–Crippen LogP) is 2.69. The third kappa shape index (κ3) is 3.60. The number of fused-ring (bicyclic) bond motifs is 1. The Bertz CT molecular complexity index is 1250. The zero-order valence-corrected chi connectivity index (χ0v) is 17.3. The van der Waals surface area contributed by atoms with Gasteiger partial charge in [-0.25, -0.2) is 4.98 Å². The minimum Gasteiger partial charge on any atom is -0.466 e. The van der Waals surface area contributed by atoms with Crippen LogP contribution < -0.4 is 10.1 Å². The van der Waals surface area contributed by atoms with Crippen LogP contribution in [0, 0.1) is 11.3 Å². The number of rotatable bonds is 5. The smallest absolute Gasteiger partial charge is 0.257 e. The molecule has 0 aliphatic carbocycles. The fraction of sp³-hybridized carbons (Fsp3) is 0.524. The summed E-state index contributed by atoms with van der Waals surface area (Å²) in [7, 11) is 0. The molecular formula is C21H25N7O3. The van der Waals surface area contributed by atoms with Crippen LogP contribution in [-0.4, -0.2) is 55.8 Å². The second-order valence-electron chi connectivity index (χ2n) is 8.27. The number of nitrogens with zero attached hydrogens (tertiary/aromatic N) is 6. The van der Waals surface area contributed by atoms with Gasteiger partial charge in [0.05, 0.1) is 12.8 Å². The van der Waals surface area contributed by atoms with Crippen molar-refractivity contribution in [1.29, 1.82) is 5.26 Å². The van der Waals surface area contributed by atoms with Crippen LogP contribution >= 0.6 is 0 Å². The zero-order valence-electron chi connectivity index (χ0n) is 20.3. The van der Waals surface area contributed by atoms with Crippen LogP contribution in [0.3, 0.4) is 0 Å². The van der Waals surface area contributed by atoms with E-state index in [1.165, 1.54) is 6.20 Å². The van der Waals surface area contributed by atoms with Crippen LogP contribution in [0.1, 0.15) is 42.5 Å². The summed E-state index contributed by atoms with van der Waals surface area (Å²) in [5, 5.41) is 17.6. The van der Waals surface area contributed by atoms with Gasteiger partial charge in [-0.05, 0) is 32.8 Å². The van der Waals surface area contributed by atoms with Crippen LogP contribution in [0.2, 0.25) is 0 Å². The fourth-order valence-electron chi connectivity index (χ4n) is 3.91. The Morgan fingerprint density at radius 3 is 2.90 bits per heavy atom. The molecule has 0 spiro atoms. The Morgan fingerprint density at radius 1 is 1.39 bits per heavy atom. The molecule has 10 heteroatoms. The van der Waals surface area contributed by atoms with Crippen molar-refractivity contribution < 1.29 is 18.3 Å².